The van der Waals surface area contributed by atoms with Crippen LogP contribution >= 0.6 is 0 Å². The molecule has 0 bridgehead atoms. The zero-order valence-corrected chi connectivity index (χ0v) is 18.3. The van der Waals surface area contributed by atoms with Crippen molar-refractivity contribution in [2.75, 3.05) is 19.6 Å². The third-order valence-electron chi connectivity index (χ3n) is 6.06. The lowest BCUT2D eigenvalue weighted by molar-refractivity contribution is -0.127. The number of nitrogens with two attached hydrogens (primary N) is 1. The van der Waals surface area contributed by atoms with Crippen LogP contribution in [-0.2, 0) is 22.7 Å². The van der Waals surface area contributed by atoms with Crippen molar-refractivity contribution in [2.24, 2.45) is 11.1 Å². The molecule has 1 unspecified atom stereocenters. The van der Waals surface area contributed by atoms with Gasteiger partial charge in [-0.05, 0) is 25.5 Å². The molecule has 4 rings (SSSR count). The van der Waals surface area contributed by atoms with Gasteiger partial charge in [-0.2, -0.15) is 5.10 Å². The van der Waals surface area contributed by atoms with Crippen molar-refractivity contribution >= 4 is 11.8 Å². The van der Waals surface area contributed by atoms with Gasteiger partial charge in [-0.3, -0.25) is 19.2 Å². The van der Waals surface area contributed by atoms with E-state index in [-0.39, 0.29) is 18.4 Å². The second-order valence-corrected chi connectivity index (χ2v) is 8.71. The second kappa shape index (κ2) is 9.36. The Kier molecular flexibility index (Phi) is 6.37. The minimum absolute atomic E-state index is 0.0754. The Morgan fingerprint density at radius 2 is 1.78 bits per heavy atom. The van der Waals surface area contributed by atoms with Gasteiger partial charge in [0.1, 0.15) is 0 Å². The summed E-state index contributed by atoms with van der Waals surface area (Å²) in [5, 5.41) is 7.82. The predicted octanol–water partition coefficient (Wildman–Crippen LogP) is 2.41. The van der Waals surface area contributed by atoms with Crippen LogP contribution in [0.1, 0.15) is 24.5 Å². The van der Waals surface area contributed by atoms with E-state index in [1.165, 1.54) is 0 Å². The smallest absolute Gasteiger partial charge is 0.234 e. The van der Waals surface area contributed by atoms with Crippen LogP contribution in [0.25, 0.3) is 11.3 Å². The number of carbonyl (C=O) groups is 2. The fourth-order valence-electron chi connectivity index (χ4n) is 4.13. The molecule has 1 aliphatic heterocycles. The summed E-state index contributed by atoms with van der Waals surface area (Å²) in [6, 6.07) is 20.2. The summed E-state index contributed by atoms with van der Waals surface area (Å²) in [5.74, 6) is -0.382. The summed E-state index contributed by atoms with van der Waals surface area (Å²) in [6.45, 7) is 4.37. The minimum Gasteiger partial charge on any atom is -0.369 e. The Bertz CT molecular complexity index is 1080. The highest BCUT2D eigenvalue weighted by molar-refractivity contribution is 5.82. The van der Waals surface area contributed by atoms with Crippen molar-refractivity contribution in [3.8, 4) is 11.3 Å². The van der Waals surface area contributed by atoms with Crippen molar-refractivity contribution < 1.29 is 9.59 Å². The molecular formula is C25H29N5O2. The van der Waals surface area contributed by atoms with E-state index in [9.17, 15) is 9.59 Å². The maximum Gasteiger partial charge on any atom is 0.234 e. The van der Waals surface area contributed by atoms with Crippen LogP contribution < -0.4 is 11.1 Å². The summed E-state index contributed by atoms with van der Waals surface area (Å²) >= 11 is 0. The van der Waals surface area contributed by atoms with E-state index in [1.54, 1.807) is 0 Å². The SMILES string of the molecule is CC1(C(N)=O)CCN(CC(=O)NCc2cn(Cc3ccccc3)nc2-c2ccccc2)C1. The highest BCUT2D eigenvalue weighted by Crippen LogP contribution is 2.29. The monoisotopic (exact) mass is 431 g/mol. The lowest BCUT2D eigenvalue weighted by atomic mass is 9.89. The van der Waals surface area contributed by atoms with E-state index in [0.29, 0.717) is 32.6 Å². The quantitative estimate of drug-likeness (QED) is 0.573. The number of nitrogens with zero attached hydrogens (tertiary/aromatic N) is 3. The highest BCUT2D eigenvalue weighted by Gasteiger charge is 2.39. The van der Waals surface area contributed by atoms with Crippen LogP contribution in [0.15, 0.2) is 66.9 Å². The molecular weight excluding hydrogens is 402 g/mol. The Labute approximate surface area is 188 Å². The van der Waals surface area contributed by atoms with Crippen LogP contribution in [-0.4, -0.2) is 46.1 Å². The summed E-state index contributed by atoms with van der Waals surface area (Å²) in [7, 11) is 0. The van der Waals surface area contributed by atoms with Gasteiger partial charge in [0.15, 0.2) is 0 Å². The molecule has 0 spiro atoms. The molecule has 1 fully saturated rings. The molecule has 3 N–H and O–H groups in total. The lowest BCUT2D eigenvalue weighted by Gasteiger charge is -2.20. The van der Waals surface area contributed by atoms with Crippen molar-refractivity contribution in [1.29, 1.82) is 0 Å². The molecule has 0 aliphatic carbocycles. The zero-order chi connectivity index (χ0) is 22.6. The summed E-state index contributed by atoms with van der Waals surface area (Å²) in [4.78, 5) is 26.2. The fraction of sp³-hybridized carbons (Fsp3) is 0.320. The van der Waals surface area contributed by atoms with Gasteiger partial charge >= 0.3 is 0 Å². The van der Waals surface area contributed by atoms with E-state index in [0.717, 1.165) is 22.4 Å². The van der Waals surface area contributed by atoms with Crippen LogP contribution in [0.5, 0.6) is 0 Å². The molecule has 7 nitrogen and oxygen atoms in total. The maximum atomic E-state index is 12.6. The number of nitrogens with one attached hydrogen (secondary N) is 1. The van der Waals surface area contributed by atoms with Gasteiger partial charge in [-0.25, -0.2) is 0 Å². The predicted molar refractivity (Wildman–Crippen MR) is 123 cm³/mol. The fourth-order valence-corrected chi connectivity index (χ4v) is 4.13. The first-order valence-electron chi connectivity index (χ1n) is 10.9. The first-order chi connectivity index (χ1) is 15.4. The van der Waals surface area contributed by atoms with E-state index < -0.39 is 5.41 Å². The minimum atomic E-state index is -0.556. The number of primary amides is 1. The van der Waals surface area contributed by atoms with Crippen LogP contribution in [0.3, 0.4) is 0 Å². The molecule has 2 amide bonds. The van der Waals surface area contributed by atoms with Gasteiger partial charge in [0.2, 0.25) is 11.8 Å². The molecule has 1 saturated heterocycles. The van der Waals surface area contributed by atoms with Gasteiger partial charge in [0.25, 0.3) is 0 Å². The largest absolute Gasteiger partial charge is 0.369 e. The molecule has 7 heteroatoms. The topological polar surface area (TPSA) is 93.3 Å². The molecule has 1 aromatic heterocycles. The molecule has 166 valence electrons. The molecule has 32 heavy (non-hydrogen) atoms. The summed E-state index contributed by atoms with van der Waals surface area (Å²) in [6.07, 6.45) is 2.68. The Hall–Kier alpha value is -3.45. The third kappa shape index (κ3) is 5.06. The first-order valence-corrected chi connectivity index (χ1v) is 10.9. The first kappa shape index (κ1) is 21.8. The third-order valence-corrected chi connectivity index (χ3v) is 6.06. The number of rotatable bonds is 8. The molecule has 1 aliphatic rings. The van der Waals surface area contributed by atoms with E-state index >= 15 is 0 Å². The number of benzene rings is 2. The van der Waals surface area contributed by atoms with E-state index in [2.05, 4.69) is 17.4 Å². The maximum absolute atomic E-state index is 12.6. The Morgan fingerprint density at radius 1 is 1.09 bits per heavy atom. The van der Waals surface area contributed by atoms with Crippen molar-refractivity contribution in [3.05, 3.63) is 78.0 Å². The lowest BCUT2D eigenvalue weighted by Crippen LogP contribution is -2.40. The number of hydrogen-bond donors (Lipinski definition) is 2. The van der Waals surface area contributed by atoms with Crippen LogP contribution in [0.2, 0.25) is 0 Å². The van der Waals surface area contributed by atoms with Gasteiger partial charge in [0.05, 0.1) is 24.2 Å². The summed E-state index contributed by atoms with van der Waals surface area (Å²) in [5.41, 5.74) is 8.96. The average Bonchev–Trinajstić information content (AvgIpc) is 3.37. The number of carbonyl (C=O) groups excluding carboxylic acids is 2. The number of likely N-dealkylation sites (tertiary alicyclic amines) is 1. The molecule has 0 saturated carbocycles. The molecule has 0 radical (unpaired) electrons. The number of hydrogen-bond acceptors (Lipinski definition) is 4. The van der Waals surface area contributed by atoms with Crippen molar-refractivity contribution in [1.82, 2.24) is 20.0 Å². The van der Waals surface area contributed by atoms with Gasteiger partial charge in [0, 0.05) is 30.4 Å². The second-order valence-electron chi connectivity index (χ2n) is 8.71. The van der Waals surface area contributed by atoms with Crippen molar-refractivity contribution in [3.63, 3.8) is 0 Å². The van der Waals surface area contributed by atoms with Gasteiger partial charge < -0.3 is 11.1 Å². The number of aromatic nitrogens is 2. The van der Waals surface area contributed by atoms with E-state index in [1.807, 2.05) is 71.2 Å². The normalized spacial score (nSPS) is 18.5. The molecule has 2 heterocycles. The standard InChI is InChI=1S/C25H29N5O2/c1-25(24(26)32)12-13-29(18-25)17-22(31)27-14-21-16-30(15-19-8-4-2-5-9-19)28-23(21)20-10-6-3-7-11-20/h2-11,16H,12-15,17-18H2,1H3,(H2,26,32)(H,27,31). The average molecular weight is 432 g/mol. The van der Waals surface area contributed by atoms with Crippen LogP contribution in [0.4, 0.5) is 0 Å². The Balaban J connectivity index is 1.44. The van der Waals surface area contributed by atoms with E-state index in [4.69, 9.17) is 10.8 Å². The number of amides is 2. The van der Waals surface area contributed by atoms with Gasteiger partial charge in [-0.1, -0.05) is 60.7 Å². The Morgan fingerprint density at radius 3 is 2.44 bits per heavy atom. The van der Waals surface area contributed by atoms with Crippen molar-refractivity contribution in [2.45, 2.75) is 26.4 Å². The summed E-state index contributed by atoms with van der Waals surface area (Å²) < 4.78 is 1.91. The molecule has 1 atom stereocenters. The highest BCUT2D eigenvalue weighted by atomic mass is 16.2. The van der Waals surface area contributed by atoms with Gasteiger partial charge in [-0.15, -0.1) is 0 Å². The van der Waals surface area contributed by atoms with Crippen LogP contribution in [0, 0.1) is 5.41 Å². The zero-order valence-electron chi connectivity index (χ0n) is 18.3. The molecule has 2 aromatic carbocycles. The molecule has 3 aromatic rings.